The number of allylic oxidation sites excluding steroid dienone is 1. The number of piperazine rings is 1. The van der Waals surface area contributed by atoms with Crippen molar-refractivity contribution in [1.82, 2.24) is 14.8 Å². The highest BCUT2D eigenvalue weighted by Gasteiger charge is 2.24. The first-order chi connectivity index (χ1) is 16.5. The second-order valence-corrected chi connectivity index (χ2v) is 9.91. The molecule has 1 amide bonds. The van der Waals surface area contributed by atoms with Gasteiger partial charge in [0.1, 0.15) is 5.01 Å². The minimum Gasteiger partial charge on any atom is -0.478 e. The number of amides is 1. The van der Waals surface area contributed by atoms with Crippen LogP contribution in [-0.2, 0) is 24.2 Å². The number of hydrogen-bond acceptors (Lipinski definition) is 5. The molecule has 174 valence electrons. The number of thiazole rings is 1. The number of nitrogens with zero attached hydrogens (tertiary/aromatic N) is 3. The Labute approximate surface area is 203 Å². The van der Waals surface area contributed by atoms with Crippen molar-refractivity contribution in [3.63, 3.8) is 0 Å². The van der Waals surface area contributed by atoms with E-state index in [4.69, 9.17) is 4.98 Å². The summed E-state index contributed by atoms with van der Waals surface area (Å²) in [5.74, 6) is -0.779. The Kier molecular flexibility index (Phi) is 6.56. The molecule has 0 spiro atoms. The molecule has 1 aromatic heterocycles. The fourth-order valence-corrected chi connectivity index (χ4v) is 5.67. The number of rotatable bonds is 6. The van der Waals surface area contributed by atoms with Crippen molar-refractivity contribution in [2.45, 2.75) is 25.8 Å². The highest BCUT2D eigenvalue weighted by atomic mass is 32.1. The first-order valence-corrected chi connectivity index (χ1v) is 12.4. The summed E-state index contributed by atoms with van der Waals surface area (Å²) in [6.07, 6.45) is 4.48. The third kappa shape index (κ3) is 5.11. The molecule has 7 heteroatoms. The zero-order valence-corrected chi connectivity index (χ0v) is 19.8. The van der Waals surface area contributed by atoms with Crippen LogP contribution in [0.5, 0.6) is 0 Å². The molecule has 0 saturated carbocycles. The van der Waals surface area contributed by atoms with Crippen LogP contribution in [0.4, 0.5) is 0 Å². The maximum atomic E-state index is 12.9. The summed E-state index contributed by atoms with van der Waals surface area (Å²) in [6, 6.07) is 17.5. The van der Waals surface area contributed by atoms with Crippen molar-refractivity contribution in [2.75, 3.05) is 26.2 Å². The molecule has 5 rings (SSSR count). The standard InChI is InChI=1S/C27H27N3O3S/c31-26(30-13-11-29(12-14-30)18-19-5-4-8-22(15-19)27(32)33)17-25-28-23-10-9-21(16-24(23)34-25)20-6-2-1-3-7-20/h1-8,15-16H,9-14,17-18H2,(H,32,33). The Morgan fingerprint density at radius 3 is 2.53 bits per heavy atom. The number of aromatic nitrogens is 1. The third-order valence-electron chi connectivity index (χ3n) is 6.46. The molecule has 2 aromatic carbocycles. The van der Waals surface area contributed by atoms with Crippen molar-refractivity contribution in [3.8, 4) is 0 Å². The second kappa shape index (κ2) is 9.91. The van der Waals surface area contributed by atoms with Crippen LogP contribution < -0.4 is 0 Å². The number of aryl methyl sites for hydroxylation is 1. The maximum absolute atomic E-state index is 12.9. The number of fused-ring (bicyclic) bond motifs is 1. The molecule has 0 radical (unpaired) electrons. The largest absolute Gasteiger partial charge is 0.478 e. The summed E-state index contributed by atoms with van der Waals surface area (Å²) >= 11 is 1.64. The first kappa shape index (κ1) is 22.5. The molecule has 1 N–H and O–H groups in total. The lowest BCUT2D eigenvalue weighted by atomic mass is 9.95. The summed E-state index contributed by atoms with van der Waals surface area (Å²) in [7, 11) is 0. The van der Waals surface area contributed by atoms with Crippen LogP contribution in [0.2, 0.25) is 0 Å². The van der Waals surface area contributed by atoms with Gasteiger partial charge in [0.2, 0.25) is 5.91 Å². The molecule has 6 nitrogen and oxygen atoms in total. The lowest BCUT2D eigenvalue weighted by molar-refractivity contribution is -0.132. The van der Waals surface area contributed by atoms with E-state index in [9.17, 15) is 14.7 Å². The van der Waals surface area contributed by atoms with Crippen LogP contribution in [-0.4, -0.2) is 57.9 Å². The topological polar surface area (TPSA) is 73.7 Å². The quantitative estimate of drug-likeness (QED) is 0.580. The summed E-state index contributed by atoms with van der Waals surface area (Å²) in [5.41, 5.74) is 4.99. The highest BCUT2D eigenvalue weighted by molar-refractivity contribution is 7.12. The number of carbonyl (C=O) groups is 2. The van der Waals surface area contributed by atoms with Crippen molar-refractivity contribution >= 4 is 34.9 Å². The summed E-state index contributed by atoms with van der Waals surface area (Å²) in [5, 5.41) is 10.1. The predicted molar refractivity (Wildman–Crippen MR) is 134 cm³/mol. The number of benzene rings is 2. The van der Waals surface area contributed by atoms with Gasteiger partial charge in [0.15, 0.2) is 0 Å². The summed E-state index contributed by atoms with van der Waals surface area (Å²) < 4.78 is 0. The van der Waals surface area contributed by atoms with Gasteiger partial charge >= 0.3 is 5.97 Å². The number of aromatic carboxylic acids is 1. The van der Waals surface area contributed by atoms with E-state index < -0.39 is 5.97 Å². The molecule has 34 heavy (non-hydrogen) atoms. The van der Waals surface area contributed by atoms with Gasteiger partial charge in [0.05, 0.1) is 22.6 Å². The normalized spacial score (nSPS) is 16.1. The van der Waals surface area contributed by atoms with E-state index in [-0.39, 0.29) is 5.91 Å². The van der Waals surface area contributed by atoms with Gasteiger partial charge in [0, 0.05) is 32.7 Å². The van der Waals surface area contributed by atoms with Crippen LogP contribution in [0, 0.1) is 0 Å². The van der Waals surface area contributed by atoms with E-state index in [1.165, 1.54) is 16.0 Å². The average Bonchev–Trinajstić information content (AvgIpc) is 3.26. The first-order valence-electron chi connectivity index (χ1n) is 11.6. The van der Waals surface area contributed by atoms with Crippen LogP contribution in [0.3, 0.4) is 0 Å². The molecule has 1 aliphatic heterocycles. The molecular formula is C27H27N3O3S. The van der Waals surface area contributed by atoms with E-state index in [1.807, 2.05) is 17.0 Å². The van der Waals surface area contributed by atoms with E-state index in [0.717, 1.165) is 42.2 Å². The molecule has 3 aromatic rings. The van der Waals surface area contributed by atoms with Crippen molar-refractivity contribution in [3.05, 3.63) is 86.9 Å². The van der Waals surface area contributed by atoms with Crippen molar-refractivity contribution < 1.29 is 14.7 Å². The van der Waals surface area contributed by atoms with E-state index in [2.05, 4.69) is 35.2 Å². The van der Waals surface area contributed by atoms with Gasteiger partial charge in [-0.3, -0.25) is 9.69 Å². The molecule has 1 fully saturated rings. The van der Waals surface area contributed by atoms with Crippen molar-refractivity contribution in [2.24, 2.45) is 0 Å². The highest BCUT2D eigenvalue weighted by Crippen LogP contribution is 2.33. The smallest absolute Gasteiger partial charge is 0.335 e. The average molecular weight is 474 g/mol. The van der Waals surface area contributed by atoms with Crippen LogP contribution in [0.25, 0.3) is 11.6 Å². The maximum Gasteiger partial charge on any atom is 0.335 e. The number of carbonyl (C=O) groups excluding carboxylic acids is 1. The summed E-state index contributed by atoms with van der Waals surface area (Å²) in [4.78, 5) is 34.3. The van der Waals surface area contributed by atoms with Gasteiger partial charge in [-0.2, -0.15) is 0 Å². The predicted octanol–water partition coefficient (Wildman–Crippen LogP) is 4.22. The fraction of sp³-hybridized carbons (Fsp3) is 0.296. The van der Waals surface area contributed by atoms with Crippen LogP contribution in [0.15, 0.2) is 54.6 Å². The number of carboxylic acid groups (broad SMARTS) is 1. The van der Waals surface area contributed by atoms with Gasteiger partial charge in [0.25, 0.3) is 0 Å². The Morgan fingerprint density at radius 1 is 0.971 bits per heavy atom. The van der Waals surface area contributed by atoms with Gasteiger partial charge in [-0.25, -0.2) is 9.78 Å². The van der Waals surface area contributed by atoms with Crippen molar-refractivity contribution in [1.29, 1.82) is 0 Å². The molecule has 2 aliphatic rings. The Bertz CT molecular complexity index is 1230. The monoisotopic (exact) mass is 473 g/mol. The lowest BCUT2D eigenvalue weighted by Crippen LogP contribution is -2.48. The Balaban J connectivity index is 1.16. The number of hydrogen-bond donors (Lipinski definition) is 1. The fourth-order valence-electron chi connectivity index (χ4n) is 4.60. The molecular weight excluding hydrogens is 446 g/mol. The molecule has 1 saturated heterocycles. The van der Waals surface area contributed by atoms with Crippen LogP contribution in [0.1, 0.15) is 43.5 Å². The van der Waals surface area contributed by atoms with Gasteiger partial charge in [-0.15, -0.1) is 11.3 Å². The van der Waals surface area contributed by atoms with Gasteiger partial charge in [-0.1, -0.05) is 42.5 Å². The van der Waals surface area contributed by atoms with E-state index in [0.29, 0.717) is 31.6 Å². The molecule has 2 heterocycles. The van der Waals surface area contributed by atoms with Crippen LogP contribution >= 0.6 is 11.3 Å². The second-order valence-electron chi connectivity index (χ2n) is 8.79. The molecule has 0 unspecified atom stereocenters. The Morgan fingerprint density at radius 2 is 1.76 bits per heavy atom. The third-order valence-corrected chi connectivity index (χ3v) is 7.51. The Hall–Kier alpha value is -3.29. The molecule has 1 aliphatic carbocycles. The number of carboxylic acids is 1. The minimum atomic E-state index is -0.909. The SMILES string of the molecule is O=C(O)c1cccc(CN2CCN(C(=O)Cc3nc4c(s3)C=C(c3ccccc3)CC4)CC2)c1. The zero-order valence-electron chi connectivity index (χ0n) is 18.9. The van der Waals surface area contributed by atoms with Gasteiger partial charge < -0.3 is 10.0 Å². The molecule has 0 atom stereocenters. The lowest BCUT2D eigenvalue weighted by Gasteiger charge is -2.34. The molecule has 0 bridgehead atoms. The zero-order chi connectivity index (χ0) is 23.5. The van der Waals surface area contributed by atoms with E-state index >= 15 is 0 Å². The van der Waals surface area contributed by atoms with Gasteiger partial charge in [-0.05, 0) is 47.8 Å². The van der Waals surface area contributed by atoms with E-state index in [1.54, 1.807) is 29.5 Å². The minimum absolute atomic E-state index is 0.130. The summed E-state index contributed by atoms with van der Waals surface area (Å²) in [6.45, 7) is 3.61.